The van der Waals surface area contributed by atoms with Crippen molar-refractivity contribution in [1.29, 1.82) is 0 Å². The number of benzene rings is 1. The van der Waals surface area contributed by atoms with Crippen LogP contribution in [0.25, 0.3) is 0 Å². The van der Waals surface area contributed by atoms with Crippen LogP contribution in [-0.4, -0.2) is 32.9 Å². The number of unbranched alkanes of at least 4 members (excludes halogenated alkanes) is 1. The van der Waals surface area contributed by atoms with E-state index in [2.05, 4.69) is 14.9 Å². The molecule has 1 fully saturated rings. The molecule has 6 heteroatoms. The number of aryl methyl sites for hydroxylation is 3. The van der Waals surface area contributed by atoms with E-state index in [9.17, 15) is 9.59 Å². The van der Waals surface area contributed by atoms with E-state index in [-0.39, 0.29) is 11.9 Å². The van der Waals surface area contributed by atoms with Gasteiger partial charge in [0.25, 0.3) is 5.91 Å². The predicted octanol–water partition coefficient (Wildman–Crippen LogP) is 2.75. The topological polar surface area (TPSA) is 67.2 Å². The first-order chi connectivity index (χ1) is 11.9. The van der Waals surface area contributed by atoms with Crippen LogP contribution in [0.5, 0.6) is 0 Å². The van der Waals surface area contributed by atoms with E-state index in [0.29, 0.717) is 6.54 Å². The second-order valence-corrected chi connectivity index (χ2v) is 6.70. The van der Waals surface area contributed by atoms with Crippen molar-refractivity contribution in [1.82, 2.24) is 19.8 Å². The largest absolute Gasteiger partial charge is 0.335 e. The van der Waals surface area contributed by atoms with Gasteiger partial charge in [0, 0.05) is 25.5 Å². The number of aromatic nitrogens is 2. The Balaban J connectivity index is 1.63. The molecule has 1 aliphatic rings. The fourth-order valence-corrected chi connectivity index (χ4v) is 3.41. The third kappa shape index (κ3) is 3.16. The van der Waals surface area contributed by atoms with E-state index in [0.717, 1.165) is 36.3 Å². The maximum Gasteiger partial charge on any atom is 0.325 e. The molecule has 1 aliphatic heterocycles. The van der Waals surface area contributed by atoms with E-state index in [1.807, 2.05) is 44.3 Å². The van der Waals surface area contributed by atoms with Gasteiger partial charge in [0.1, 0.15) is 11.4 Å². The highest BCUT2D eigenvalue weighted by Gasteiger charge is 2.49. The molecule has 1 unspecified atom stereocenters. The van der Waals surface area contributed by atoms with E-state index in [1.54, 1.807) is 13.1 Å². The summed E-state index contributed by atoms with van der Waals surface area (Å²) < 4.78 is 2.07. The second kappa shape index (κ2) is 6.70. The number of imidazole rings is 1. The van der Waals surface area contributed by atoms with Crippen molar-refractivity contribution in [2.45, 2.75) is 45.7 Å². The fourth-order valence-electron chi connectivity index (χ4n) is 3.41. The minimum absolute atomic E-state index is 0.175. The van der Waals surface area contributed by atoms with Crippen LogP contribution < -0.4 is 5.32 Å². The van der Waals surface area contributed by atoms with Gasteiger partial charge in [-0.05, 0) is 44.7 Å². The Kier molecular flexibility index (Phi) is 4.61. The molecule has 132 valence electrons. The van der Waals surface area contributed by atoms with Crippen molar-refractivity contribution in [2.24, 2.45) is 0 Å². The van der Waals surface area contributed by atoms with Gasteiger partial charge in [-0.25, -0.2) is 9.78 Å². The van der Waals surface area contributed by atoms with Crippen molar-refractivity contribution in [2.75, 3.05) is 6.54 Å². The molecule has 0 aliphatic carbocycles. The minimum atomic E-state index is -0.983. The lowest BCUT2D eigenvalue weighted by atomic mass is 9.88. The molecule has 25 heavy (non-hydrogen) atoms. The number of rotatable bonds is 6. The van der Waals surface area contributed by atoms with E-state index in [4.69, 9.17) is 0 Å². The van der Waals surface area contributed by atoms with Crippen LogP contribution in [-0.2, 0) is 16.9 Å². The maximum atomic E-state index is 12.9. The predicted molar refractivity (Wildman–Crippen MR) is 95.0 cm³/mol. The summed E-state index contributed by atoms with van der Waals surface area (Å²) in [5.41, 5.74) is 0.865. The summed E-state index contributed by atoms with van der Waals surface area (Å²) in [6, 6.07) is 7.37. The van der Waals surface area contributed by atoms with Gasteiger partial charge in [0.15, 0.2) is 0 Å². The molecule has 1 atom stereocenters. The van der Waals surface area contributed by atoms with Crippen LogP contribution in [0, 0.1) is 13.8 Å². The molecule has 2 aromatic rings. The number of nitrogens with zero attached hydrogens (tertiary/aromatic N) is 3. The van der Waals surface area contributed by atoms with Crippen LogP contribution in [0.2, 0.25) is 0 Å². The number of carbonyl (C=O) groups is 2. The summed E-state index contributed by atoms with van der Waals surface area (Å²) in [5, 5.41) is 2.87. The molecular weight excluding hydrogens is 316 g/mol. The summed E-state index contributed by atoms with van der Waals surface area (Å²) in [7, 11) is 0. The van der Waals surface area contributed by atoms with Crippen LogP contribution in [0.1, 0.15) is 36.7 Å². The monoisotopic (exact) mass is 340 g/mol. The first kappa shape index (κ1) is 17.2. The van der Waals surface area contributed by atoms with Gasteiger partial charge in [0.2, 0.25) is 0 Å². The number of hydrogen-bond donors (Lipinski definition) is 1. The molecular formula is C19H24N4O2. The molecule has 6 nitrogen and oxygen atoms in total. The first-order valence-electron chi connectivity index (χ1n) is 8.61. The Morgan fingerprint density at radius 1 is 1.12 bits per heavy atom. The SMILES string of the molecule is Cc1ccccc1C1(C)NC(=O)N(CCCCn2ccnc2C)C1=O. The molecule has 1 N–H and O–H groups in total. The van der Waals surface area contributed by atoms with Crippen LogP contribution in [0.3, 0.4) is 0 Å². The number of imide groups is 1. The Labute approximate surface area is 147 Å². The lowest BCUT2D eigenvalue weighted by Crippen LogP contribution is -2.41. The zero-order valence-corrected chi connectivity index (χ0v) is 15.0. The Bertz CT molecular complexity index is 798. The smallest absolute Gasteiger partial charge is 0.325 e. The molecule has 0 radical (unpaired) electrons. The van der Waals surface area contributed by atoms with E-state index >= 15 is 0 Å². The number of carbonyl (C=O) groups excluding carboxylic acids is 2. The van der Waals surface area contributed by atoms with Crippen molar-refractivity contribution in [3.05, 3.63) is 53.6 Å². The maximum absolute atomic E-state index is 12.9. The Morgan fingerprint density at radius 3 is 2.52 bits per heavy atom. The first-order valence-corrected chi connectivity index (χ1v) is 8.61. The van der Waals surface area contributed by atoms with Crippen molar-refractivity contribution in [3.63, 3.8) is 0 Å². The number of urea groups is 1. The van der Waals surface area contributed by atoms with Crippen molar-refractivity contribution >= 4 is 11.9 Å². The average Bonchev–Trinajstić information content (AvgIpc) is 3.08. The summed E-state index contributed by atoms with van der Waals surface area (Å²) in [6.07, 6.45) is 5.37. The average molecular weight is 340 g/mol. The summed E-state index contributed by atoms with van der Waals surface area (Å²) in [4.78, 5) is 30.8. The summed E-state index contributed by atoms with van der Waals surface area (Å²) >= 11 is 0. The molecule has 3 rings (SSSR count). The van der Waals surface area contributed by atoms with Gasteiger partial charge in [-0.2, -0.15) is 0 Å². The third-order valence-electron chi connectivity index (χ3n) is 4.91. The third-order valence-corrected chi connectivity index (χ3v) is 4.91. The van der Waals surface area contributed by atoms with Gasteiger partial charge in [-0.1, -0.05) is 24.3 Å². The molecule has 1 saturated heterocycles. The number of hydrogen-bond acceptors (Lipinski definition) is 3. The Morgan fingerprint density at radius 2 is 1.84 bits per heavy atom. The molecule has 1 aromatic heterocycles. The molecule has 1 aromatic carbocycles. The fraction of sp³-hybridized carbons (Fsp3) is 0.421. The van der Waals surface area contributed by atoms with Crippen LogP contribution >= 0.6 is 0 Å². The molecule has 0 spiro atoms. The highest BCUT2D eigenvalue weighted by molar-refractivity contribution is 6.07. The second-order valence-electron chi connectivity index (χ2n) is 6.70. The van der Waals surface area contributed by atoms with Crippen molar-refractivity contribution in [3.8, 4) is 0 Å². The number of amides is 3. The summed E-state index contributed by atoms with van der Waals surface area (Å²) in [6.45, 7) is 6.97. The number of nitrogens with one attached hydrogen (secondary N) is 1. The van der Waals surface area contributed by atoms with Gasteiger partial charge in [-0.3, -0.25) is 9.69 Å². The molecule has 2 heterocycles. The Hall–Kier alpha value is -2.63. The van der Waals surface area contributed by atoms with Crippen LogP contribution in [0.4, 0.5) is 4.79 Å². The lowest BCUT2D eigenvalue weighted by Gasteiger charge is -2.24. The minimum Gasteiger partial charge on any atom is -0.335 e. The van der Waals surface area contributed by atoms with E-state index < -0.39 is 5.54 Å². The van der Waals surface area contributed by atoms with Crippen molar-refractivity contribution < 1.29 is 9.59 Å². The zero-order chi connectivity index (χ0) is 18.0. The molecule has 3 amide bonds. The van der Waals surface area contributed by atoms with Gasteiger partial charge in [0.05, 0.1) is 0 Å². The highest BCUT2D eigenvalue weighted by atomic mass is 16.2. The molecule has 0 bridgehead atoms. The van der Waals surface area contributed by atoms with Crippen LogP contribution in [0.15, 0.2) is 36.7 Å². The normalized spacial score (nSPS) is 20.2. The van der Waals surface area contributed by atoms with Gasteiger partial charge >= 0.3 is 6.03 Å². The highest BCUT2D eigenvalue weighted by Crippen LogP contribution is 2.31. The van der Waals surface area contributed by atoms with E-state index in [1.165, 1.54) is 4.90 Å². The molecule has 0 saturated carbocycles. The zero-order valence-electron chi connectivity index (χ0n) is 15.0. The lowest BCUT2D eigenvalue weighted by molar-refractivity contribution is -0.131. The van der Waals surface area contributed by atoms with Gasteiger partial charge in [-0.15, -0.1) is 0 Å². The summed E-state index contributed by atoms with van der Waals surface area (Å²) in [5.74, 6) is 0.799. The quantitative estimate of drug-likeness (QED) is 0.649. The van der Waals surface area contributed by atoms with Gasteiger partial charge < -0.3 is 9.88 Å². The standard InChI is InChI=1S/C19H24N4O2/c1-14-8-4-5-9-16(14)19(3)17(24)23(18(25)21-19)12-7-6-11-22-13-10-20-15(22)2/h4-5,8-10,13H,6-7,11-12H2,1-3H3,(H,21,25).